The van der Waals surface area contributed by atoms with E-state index in [9.17, 15) is 5.11 Å². The van der Waals surface area contributed by atoms with Crippen LogP contribution in [0.5, 0.6) is 0 Å². The molecule has 0 aliphatic rings. The second-order valence-electron chi connectivity index (χ2n) is 4.77. The SMILES string of the molecule is CP(Cl)(CCO)(c1ccccc1)c1ccccc1. The molecule has 1 nitrogen and oxygen atoms in total. The molecule has 2 aromatic rings. The predicted molar refractivity (Wildman–Crippen MR) is 82.8 cm³/mol. The molecule has 2 rings (SSSR count). The van der Waals surface area contributed by atoms with Crippen LogP contribution in [-0.2, 0) is 0 Å². The molecule has 0 heterocycles. The van der Waals surface area contributed by atoms with Gasteiger partial charge in [-0.3, -0.25) is 0 Å². The summed E-state index contributed by atoms with van der Waals surface area (Å²) in [5, 5.41) is 11.7. The van der Waals surface area contributed by atoms with Crippen LogP contribution in [0, 0.1) is 0 Å². The fourth-order valence-electron chi connectivity index (χ4n) is 2.27. The standard InChI is InChI=1S/C15H18ClOP/c1-18(16,13-12-17,14-8-4-2-5-9-14)15-10-6-3-7-11-15/h2-11,17H,12-13H2,1H3. The molecule has 0 saturated heterocycles. The van der Waals surface area contributed by atoms with Crippen LogP contribution in [0.1, 0.15) is 0 Å². The van der Waals surface area contributed by atoms with E-state index in [2.05, 4.69) is 30.9 Å². The number of aliphatic hydroxyl groups excluding tert-OH is 1. The van der Waals surface area contributed by atoms with E-state index in [1.165, 1.54) is 0 Å². The topological polar surface area (TPSA) is 20.2 Å². The number of halogens is 1. The molecule has 0 radical (unpaired) electrons. The third-order valence-electron chi connectivity index (χ3n) is 3.48. The maximum atomic E-state index is 9.44. The third kappa shape index (κ3) is 2.31. The molecule has 0 aromatic heterocycles. The molecular formula is C15H18ClOP. The van der Waals surface area contributed by atoms with Gasteiger partial charge in [0.05, 0.1) is 0 Å². The minimum atomic E-state index is -2.77. The molecule has 0 aliphatic carbocycles. The zero-order chi connectivity index (χ0) is 13.1. The second-order valence-corrected chi connectivity index (χ2v) is 12.3. The number of rotatable bonds is 4. The van der Waals surface area contributed by atoms with Crippen molar-refractivity contribution in [1.29, 1.82) is 0 Å². The van der Waals surface area contributed by atoms with Crippen molar-refractivity contribution in [2.75, 3.05) is 19.4 Å². The van der Waals surface area contributed by atoms with Crippen molar-refractivity contribution in [2.45, 2.75) is 0 Å². The van der Waals surface area contributed by atoms with E-state index >= 15 is 0 Å². The van der Waals surface area contributed by atoms with Gasteiger partial charge in [0.25, 0.3) is 0 Å². The molecule has 0 bridgehead atoms. The average Bonchev–Trinajstić information content (AvgIpc) is 2.41. The van der Waals surface area contributed by atoms with Crippen LogP contribution < -0.4 is 10.6 Å². The summed E-state index contributed by atoms with van der Waals surface area (Å²) in [6.07, 6.45) is 0.598. The van der Waals surface area contributed by atoms with E-state index in [4.69, 9.17) is 11.2 Å². The number of benzene rings is 2. The van der Waals surface area contributed by atoms with E-state index in [0.29, 0.717) is 6.16 Å². The summed E-state index contributed by atoms with van der Waals surface area (Å²) in [7, 11) is 0. The zero-order valence-corrected chi connectivity index (χ0v) is 12.1. The van der Waals surface area contributed by atoms with E-state index in [1.54, 1.807) is 0 Å². The van der Waals surface area contributed by atoms with E-state index < -0.39 is 5.96 Å². The van der Waals surface area contributed by atoms with E-state index in [0.717, 1.165) is 10.6 Å². The molecule has 0 spiro atoms. The molecule has 0 saturated carbocycles. The minimum absolute atomic E-state index is 0.0988. The first-order valence-corrected chi connectivity index (χ1v) is 9.79. The quantitative estimate of drug-likeness (QED) is 0.854. The number of aliphatic hydroxyl groups is 1. The molecule has 0 aliphatic heterocycles. The van der Waals surface area contributed by atoms with Crippen LogP contribution >= 0.6 is 17.2 Å². The van der Waals surface area contributed by atoms with Gasteiger partial charge in [0.15, 0.2) is 0 Å². The summed E-state index contributed by atoms with van der Waals surface area (Å²) < 4.78 is 0. The number of hydrogen-bond acceptors (Lipinski definition) is 1. The molecule has 0 atom stereocenters. The van der Waals surface area contributed by atoms with Crippen LogP contribution in [0.2, 0.25) is 0 Å². The first-order chi connectivity index (χ1) is 8.57. The Morgan fingerprint density at radius 3 is 1.61 bits per heavy atom. The van der Waals surface area contributed by atoms with Gasteiger partial charge < -0.3 is 0 Å². The van der Waals surface area contributed by atoms with E-state index in [-0.39, 0.29) is 6.61 Å². The van der Waals surface area contributed by atoms with Gasteiger partial charge in [-0.05, 0) is 0 Å². The van der Waals surface area contributed by atoms with E-state index in [1.807, 2.05) is 36.4 Å². The van der Waals surface area contributed by atoms with Gasteiger partial charge in [0.1, 0.15) is 0 Å². The van der Waals surface area contributed by atoms with Crippen molar-refractivity contribution >= 4 is 27.8 Å². The fraction of sp³-hybridized carbons (Fsp3) is 0.200. The van der Waals surface area contributed by atoms with Crippen LogP contribution in [0.15, 0.2) is 60.7 Å². The summed E-state index contributed by atoms with van der Waals surface area (Å²) in [6, 6.07) is 20.2. The molecule has 0 fully saturated rings. The molecule has 0 unspecified atom stereocenters. The van der Waals surface area contributed by atoms with Crippen LogP contribution in [0.4, 0.5) is 0 Å². The van der Waals surface area contributed by atoms with Gasteiger partial charge in [-0.1, -0.05) is 0 Å². The Balaban J connectivity index is 2.63. The van der Waals surface area contributed by atoms with Gasteiger partial charge in [0.2, 0.25) is 0 Å². The summed E-state index contributed by atoms with van der Waals surface area (Å²) >= 11 is 7.12. The maximum absolute atomic E-state index is 9.44. The first kappa shape index (κ1) is 13.5. The van der Waals surface area contributed by atoms with Crippen LogP contribution in [0.25, 0.3) is 0 Å². The molecule has 3 heteroatoms. The third-order valence-corrected chi connectivity index (χ3v) is 9.69. The monoisotopic (exact) mass is 280 g/mol. The Kier molecular flexibility index (Phi) is 3.77. The zero-order valence-electron chi connectivity index (χ0n) is 10.5. The van der Waals surface area contributed by atoms with Crippen molar-refractivity contribution in [3.05, 3.63) is 60.7 Å². The van der Waals surface area contributed by atoms with Crippen LogP contribution in [-0.4, -0.2) is 24.5 Å². The van der Waals surface area contributed by atoms with Crippen molar-refractivity contribution in [2.24, 2.45) is 0 Å². The van der Waals surface area contributed by atoms with Gasteiger partial charge in [-0.2, -0.15) is 0 Å². The van der Waals surface area contributed by atoms with Gasteiger partial charge in [0, 0.05) is 0 Å². The molecule has 2 aromatic carbocycles. The summed E-state index contributed by atoms with van der Waals surface area (Å²) in [5.74, 6) is -2.77. The Morgan fingerprint density at radius 1 is 0.889 bits per heavy atom. The normalized spacial score (nSPS) is 13.8. The summed E-state index contributed by atoms with van der Waals surface area (Å²) in [6.45, 7) is 2.20. The fourth-order valence-corrected chi connectivity index (χ4v) is 6.35. The molecular weight excluding hydrogens is 263 g/mol. The van der Waals surface area contributed by atoms with Gasteiger partial charge in [-0.15, -0.1) is 0 Å². The summed E-state index contributed by atoms with van der Waals surface area (Å²) in [4.78, 5) is 0. The molecule has 96 valence electrons. The predicted octanol–water partition coefficient (Wildman–Crippen LogP) is 2.97. The Morgan fingerprint density at radius 2 is 1.28 bits per heavy atom. The Hall–Kier alpha value is -0.880. The molecule has 0 amide bonds. The van der Waals surface area contributed by atoms with Crippen molar-refractivity contribution in [3.63, 3.8) is 0 Å². The summed E-state index contributed by atoms with van der Waals surface area (Å²) in [5.41, 5.74) is 0. The van der Waals surface area contributed by atoms with Crippen molar-refractivity contribution in [3.8, 4) is 0 Å². The molecule has 1 N–H and O–H groups in total. The van der Waals surface area contributed by atoms with Gasteiger partial charge >= 0.3 is 113 Å². The first-order valence-electron chi connectivity index (χ1n) is 6.02. The van der Waals surface area contributed by atoms with Gasteiger partial charge in [-0.25, -0.2) is 0 Å². The average molecular weight is 281 g/mol. The van der Waals surface area contributed by atoms with Crippen LogP contribution in [0.3, 0.4) is 0 Å². The molecule has 18 heavy (non-hydrogen) atoms. The second kappa shape index (κ2) is 5.01. The van der Waals surface area contributed by atoms with Crippen molar-refractivity contribution < 1.29 is 5.11 Å². The van der Waals surface area contributed by atoms with Crippen molar-refractivity contribution in [1.82, 2.24) is 0 Å². The number of hydrogen-bond donors (Lipinski definition) is 1. The Labute approximate surface area is 113 Å². The Bertz CT molecular complexity index is 467.